The lowest BCUT2D eigenvalue weighted by Crippen LogP contribution is -2.12. The van der Waals surface area contributed by atoms with E-state index >= 15 is 0 Å². The van der Waals surface area contributed by atoms with E-state index in [1.807, 2.05) is 12.4 Å². The molecule has 2 aromatic rings. The second-order valence-corrected chi connectivity index (χ2v) is 8.06. The van der Waals surface area contributed by atoms with Gasteiger partial charge in [-0.2, -0.15) is 0 Å². The van der Waals surface area contributed by atoms with E-state index in [-0.39, 0.29) is 0 Å². The minimum absolute atomic E-state index is 0.706. The van der Waals surface area contributed by atoms with E-state index < -0.39 is 0 Å². The van der Waals surface area contributed by atoms with Crippen LogP contribution in [0.2, 0.25) is 0 Å². The summed E-state index contributed by atoms with van der Waals surface area (Å²) < 4.78 is 0. The van der Waals surface area contributed by atoms with Gasteiger partial charge in [0.2, 0.25) is 0 Å². The molecular weight excluding hydrogens is 328 g/mol. The molecule has 3 rings (SSSR count). The van der Waals surface area contributed by atoms with Crippen molar-refractivity contribution >= 4 is 6.08 Å². The zero-order valence-corrected chi connectivity index (χ0v) is 17.0. The largest absolute Gasteiger partial charge is 0.237 e. The molecule has 1 aromatic carbocycles. The number of hydrogen-bond donors (Lipinski definition) is 0. The minimum atomic E-state index is 0.706. The van der Waals surface area contributed by atoms with Gasteiger partial charge in [0.15, 0.2) is 5.82 Å². The Labute approximate surface area is 165 Å². The van der Waals surface area contributed by atoms with E-state index in [9.17, 15) is 0 Å². The van der Waals surface area contributed by atoms with E-state index in [1.165, 1.54) is 62.5 Å². The van der Waals surface area contributed by atoms with Gasteiger partial charge in [-0.05, 0) is 67.6 Å². The second kappa shape index (κ2) is 10.4. The predicted molar refractivity (Wildman–Crippen MR) is 115 cm³/mol. The quantitative estimate of drug-likeness (QED) is 0.500. The van der Waals surface area contributed by atoms with Crippen LogP contribution in [0.5, 0.6) is 0 Å². The molecule has 0 aliphatic heterocycles. The highest BCUT2D eigenvalue weighted by molar-refractivity contribution is 5.62. The maximum atomic E-state index is 4.56. The monoisotopic (exact) mass is 362 g/mol. The van der Waals surface area contributed by atoms with Gasteiger partial charge in [-0.3, -0.25) is 0 Å². The van der Waals surface area contributed by atoms with E-state index in [2.05, 4.69) is 60.2 Å². The highest BCUT2D eigenvalue weighted by atomic mass is 14.8. The zero-order valence-electron chi connectivity index (χ0n) is 17.0. The summed E-state index contributed by atoms with van der Waals surface area (Å²) in [5.41, 5.74) is 3.70. The second-order valence-electron chi connectivity index (χ2n) is 8.06. The molecule has 27 heavy (non-hydrogen) atoms. The first-order valence-electron chi connectivity index (χ1n) is 10.9. The van der Waals surface area contributed by atoms with Crippen LogP contribution in [-0.2, 0) is 6.42 Å². The number of aromatic nitrogens is 2. The van der Waals surface area contributed by atoms with Gasteiger partial charge in [-0.1, -0.05) is 63.5 Å². The summed E-state index contributed by atoms with van der Waals surface area (Å²) in [6.45, 7) is 4.53. The standard InChI is InChI=1S/C25H34N2/c1-3-5-7-21-12-15-23(16-13-21)24-18-26-25(27-19-24)17-14-22-10-8-20(6-4-2)9-11-22/h12-20,22H,3-11H2,1-2H3/b17-14+. The molecule has 1 aromatic heterocycles. The van der Waals surface area contributed by atoms with Crippen molar-refractivity contribution in [3.8, 4) is 11.1 Å². The van der Waals surface area contributed by atoms with E-state index in [0.717, 1.165) is 23.7 Å². The molecule has 0 unspecified atom stereocenters. The average molecular weight is 363 g/mol. The summed E-state index contributed by atoms with van der Waals surface area (Å²) >= 11 is 0. The summed E-state index contributed by atoms with van der Waals surface area (Å²) in [7, 11) is 0. The molecule has 1 fully saturated rings. The third-order valence-corrected chi connectivity index (χ3v) is 5.88. The lowest BCUT2D eigenvalue weighted by atomic mass is 9.80. The summed E-state index contributed by atoms with van der Waals surface area (Å²) in [6.07, 6.45) is 20.2. The van der Waals surface area contributed by atoms with Crippen LogP contribution in [0.4, 0.5) is 0 Å². The Morgan fingerprint density at radius 1 is 0.889 bits per heavy atom. The molecule has 1 aliphatic carbocycles. The fourth-order valence-corrected chi connectivity index (χ4v) is 4.12. The molecule has 0 N–H and O–H groups in total. The number of benzene rings is 1. The summed E-state index contributed by atoms with van der Waals surface area (Å²) in [6, 6.07) is 8.84. The fourth-order valence-electron chi connectivity index (χ4n) is 4.12. The van der Waals surface area contributed by atoms with Crippen LogP contribution in [0.3, 0.4) is 0 Å². The van der Waals surface area contributed by atoms with Crippen LogP contribution in [0.1, 0.15) is 76.6 Å². The highest BCUT2D eigenvalue weighted by Gasteiger charge is 2.18. The molecule has 0 amide bonds. The van der Waals surface area contributed by atoms with E-state index in [1.54, 1.807) is 0 Å². The molecule has 0 atom stereocenters. The Bertz CT molecular complexity index is 692. The molecule has 2 heteroatoms. The summed E-state index contributed by atoms with van der Waals surface area (Å²) in [5.74, 6) is 2.49. The first-order valence-corrected chi connectivity index (χ1v) is 10.9. The Balaban J connectivity index is 1.54. The summed E-state index contributed by atoms with van der Waals surface area (Å²) in [4.78, 5) is 9.12. The molecule has 0 spiro atoms. The van der Waals surface area contributed by atoms with Crippen LogP contribution < -0.4 is 0 Å². The van der Waals surface area contributed by atoms with Gasteiger partial charge >= 0.3 is 0 Å². The van der Waals surface area contributed by atoms with Gasteiger partial charge in [-0.25, -0.2) is 9.97 Å². The van der Waals surface area contributed by atoms with Crippen molar-refractivity contribution < 1.29 is 0 Å². The predicted octanol–water partition coefficient (Wildman–Crippen LogP) is 7.11. The van der Waals surface area contributed by atoms with Gasteiger partial charge in [-0.15, -0.1) is 0 Å². The number of hydrogen-bond acceptors (Lipinski definition) is 2. The molecule has 0 saturated heterocycles. The first-order chi connectivity index (χ1) is 13.3. The Morgan fingerprint density at radius 2 is 1.59 bits per heavy atom. The molecule has 2 nitrogen and oxygen atoms in total. The molecule has 1 heterocycles. The molecule has 0 radical (unpaired) electrons. The lowest BCUT2D eigenvalue weighted by molar-refractivity contribution is 0.295. The SMILES string of the molecule is CCCCc1ccc(-c2cnc(/C=C/C3CCC(CCC)CC3)nc2)cc1. The van der Waals surface area contributed by atoms with Gasteiger partial charge < -0.3 is 0 Å². The maximum absolute atomic E-state index is 4.56. The fraction of sp³-hybridized carbons (Fsp3) is 0.520. The van der Waals surface area contributed by atoms with Crippen LogP contribution in [0.15, 0.2) is 42.7 Å². The normalized spacial score (nSPS) is 20.2. The zero-order chi connectivity index (χ0) is 18.9. The van der Waals surface area contributed by atoms with E-state index in [4.69, 9.17) is 0 Å². The molecular formula is C25H34N2. The van der Waals surface area contributed by atoms with Gasteiger partial charge in [0.25, 0.3) is 0 Å². The van der Waals surface area contributed by atoms with Crippen LogP contribution >= 0.6 is 0 Å². The lowest BCUT2D eigenvalue weighted by Gasteiger charge is -2.26. The first kappa shape index (κ1) is 19.8. The van der Waals surface area contributed by atoms with Gasteiger partial charge in [0.1, 0.15) is 0 Å². The Morgan fingerprint density at radius 3 is 2.22 bits per heavy atom. The number of nitrogens with zero attached hydrogens (tertiary/aromatic N) is 2. The maximum Gasteiger partial charge on any atom is 0.151 e. The third kappa shape index (κ3) is 6.02. The van der Waals surface area contributed by atoms with Crippen molar-refractivity contribution in [3.63, 3.8) is 0 Å². The van der Waals surface area contributed by atoms with Crippen LogP contribution in [0.25, 0.3) is 17.2 Å². The highest BCUT2D eigenvalue weighted by Crippen LogP contribution is 2.32. The van der Waals surface area contributed by atoms with Crippen molar-refractivity contribution in [2.75, 3.05) is 0 Å². The van der Waals surface area contributed by atoms with Crippen molar-refractivity contribution in [2.24, 2.45) is 11.8 Å². The van der Waals surface area contributed by atoms with Crippen LogP contribution in [-0.4, -0.2) is 9.97 Å². The van der Waals surface area contributed by atoms with Crippen molar-refractivity contribution in [1.82, 2.24) is 9.97 Å². The van der Waals surface area contributed by atoms with Crippen molar-refractivity contribution in [3.05, 3.63) is 54.1 Å². The topological polar surface area (TPSA) is 25.8 Å². The number of allylic oxidation sites excluding steroid dienone is 1. The average Bonchev–Trinajstić information content (AvgIpc) is 2.73. The smallest absolute Gasteiger partial charge is 0.151 e. The van der Waals surface area contributed by atoms with Crippen molar-refractivity contribution in [2.45, 2.75) is 71.6 Å². The minimum Gasteiger partial charge on any atom is -0.237 e. The molecule has 144 valence electrons. The molecule has 1 aliphatic rings. The molecule has 0 bridgehead atoms. The Kier molecular flexibility index (Phi) is 7.62. The summed E-state index contributed by atoms with van der Waals surface area (Å²) in [5, 5.41) is 0. The van der Waals surface area contributed by atoms with Crippen LogP contribution in [0, 0.1) is 11.8 Å². The van der Waals surface area contributed by atoms with E-state index in [0.29, 0.717) is 5.92 Å². The molecule has 1 saturated carbocycles. The van der Waals surface area contributed by atoms with Crippen molar-refractivity contribution in [1.29, 1.82) is 0 Å². The third-order valence-electron chi connectivity index (χ3n) is 5.88. The number of rotatable bonds is 8. The van der Waals surface area contributed by atoms with Gasteiger partial charge in [0.05, 0.1) is 0 Å². The van der Waals surface area contributed by atoms with Gasteiger partial charge in [0, 0.05) is 18.0 Å². The Hall–Kier alpha value is -1.96. The number of aryl methyl sites for hydroxylation is 1. The number of unbranched alkanes of at least 4 members (excludes halogenated alkanes) is 1.